The van der Waals surface area contributed by atoms with Crippen molar-refractivity contribution in [3.63, 3.8) is 0 Å². The number of carbonyl (C=O) groups is 2. The van der Waals surface area contributed by atoms with Gasteiger partial charge in [0.15, 0.2) is 0 Å². The molecule has 2 aliphatic heterocycles. The molecule has 0 unspecified atom stereocenters. The molecule has 152 valence electrons. The van der Waals surface area contributed by atoms with Crippen molar-refractivity contribution in [2.75, 3.05) is 36.2 Å². The third-order valence-electron chi connectivity index (χ3n) is 5.36. The molecule has 0 bridgehead atoms. The van der Waals surface area contributed by atoms with E-state index in [0.29, 0.717) is 35.3 Å². The van der Waals surface area contributed by atoms with Crippen molar-refractivity contribution in [3.05, 3.63) is 53.6 Å². The van der Waals surface area contributed by atoms with Crippen molar-refractivity contribution in [2.24, 2.45) is 0 Å². The average Bonchev–Trinajstić information content (AvgIpc) is 3.05. The summed E-state index contributed by atoms with van der Waals surface area (Å²) < 4.78 is 5.20. The summed E-state index contributed by atoms with van der Waals surface area (Å²) in [6.07, 6.45) is 1.44. The number of hydrogen-bond acceptors (Lipinski definition) is 4. The Labute approximate surface area is 179 Å². The topological polar surface area (TPSA) is 61.9 Å². The second kappa shape index (κ2) is 8.16. The fourth-order valence-corrected chi connectivity index (χ4v) is 5.31. The molecular formula is C21H22ClN3O3S. The van der Waals surface area contributed by atoms with Gasteiger partial charge in [-0.05, 0) is 49.2 Å². The Morgan fingerprint density at radius 3 is 2.59 bits per heavy atom. The van der Waals surface area contributed by atoms with E-state index in [-0.39, 0.29) is 16.8 Å². The van der Waals surface area contributed by atoms with Crippen LogP contribution >= 0.6 is 23.4 Å². The molecule has 8 heteroatoms. The fourth-order valence-electron chi connectivity index (χ4n) is 3.85. The molecule has 2 aromatic rings. The van der Waals surface area contributed by atoms with Gasteiger partial charge in [-0.3, -0.25) is 9.69 Å². The van der Waals surface area contributed by atoms with Crippen LogP contribution in [0.2, 0.25) is 5.02 Å². The molecule has 6 nitrogen and oxygen atoms in total. The largest absolute Gasteiger partial charge is 0.497 e. The maximum Gasteiger partial charge on any atom is 0.321 e. The van der Waals surface area contributed by atoms with Gasteiger partial charge in [0.25, 0.3) is 0 Å². The number of rotatable bonds is 3. The number of ether oxygens (including phenoxy) is 1. The van der Waals surface area contributed by atoms with Gasteiger partial charge in [-0.1, -0.05) is 17.7 Å². The number of halogens is 1. The predicted molar refractivity (Wildman–Crippen MR) is 117 cm³/mol. The molecule has 0 aromatic heterocycles. The standard InChI is InChI=1S/C21H22ClN3O3S/c1-28-18-4-2-3-16(13-18)23-20(27)24-11-9-21(10-12-24)25(19(26)14-29-21)17-7-5-15(22)6-8-17/h2-8,13H,9-12,14H2,1H3,(H,23,27). The van der Waals surface area contributed by atoms with Crippen molar-refractivity contribution >= 4 is 46.7 Å². The van der Waals surface area contributed by atoms with Gasteiger partial charge in [0.05, 0.1) is 17.7 Å². The highest BCUT2D eigenvalue weighted by atomic mass is 35.5. The first-order chi connectivity index (χ1) is 14.0. The number of carbonyl (C=O) groups excluding carboxylic acids is 2. The minimum absolute atomic E-state index is 0.103. The lowest BCUT2D eigenvalue weighted by molar-refractivity contribution is -0.116. The van der Waals surface area contributed by atoms with Crippen LogP contribution in [0.15, 0.2) is 48.5 Å². The summed E-state index contributed by atoms with van der Waals surface area (Å²) in [6, 6.07) is 14.5. The molecule has 0 atom stereocenters. The van der Waals surface area contributed by atoms with Crippen LogP contribution in [-0.4, -0.2) is 47.7 Å². The van der Waals surface area contributed by atoms with Gasteiger partial charge < -0.3 is 15.0 Å². The molecule has 2 fully saturated rings. The van der Waals surface area contributed by atoms with Gasteiger partial charge in [-0.2, -0.15) is 0 Å². The lowest BCUT2D eigenvalue weighted by Gasteiger charge is -2.43. The zero-order chi connectivity index (χ0) is 20.4. The maximum atomic E-state index is 12.7. The Hall–Kier alpha value is -2.38. The number of urea groups is 1. The molecule has 2 aliphatic rings. The number of hydrogen-bond donors (Lipinski definition) is 1. The zero-order valence-electron chi connectivity index (χ0n) is 16.1. The van der Waals surface area contributed by atoms with Gasteiger partial charge >= 0.3 is 6.03 Å². The number of anilines is 2. The predicted octanol–water partition coefficient (Wildman–Crippen LogP) is 4.45. The monoisotopic (exact) mass is 431 g/mol. The third kappa shape index (κ3) is 4.02. The number of benzene rings is 2. The van der Waals surface area contributed by atoms with E-state index in [1.807, 2.05) is 35.2 Å². The second-order valence-corrected chi connectivity index (χ2v) is 8.86. The highest BCUT2D eigenvalue weighted by Gasteiger charge is 2.49. The second-order valence-electron chi connectivity index (χ2n) is 7.09. The van der Waals surface area contributed by atoms with E-state index in [2.05, 4.69) is 5.32 Å². The number of likely N-dealkylation sites (tertiary alicyclic amines) is 1. The molecule has 4 rings (SSSR count). The Morgan fingerprint density at radius 1 is 1.17 bits per heavy atom. The number of amides is 3. The molecule has 0 radical (unpaired) electrons. The number of nitrogens with zero attached hydrogens (tertiary/aromatic N) is 2. The molecule has 1 N–H and O–H groups in total. The number of nitrogens with one attached hydrogen (secondary N) is 1. The summed E-state index contributed by atoms with van der Waals surface area (Å²) in [4.78, 5) is 28.7. The van der Waals surface area contributed by atoms with Crippen molar-refractivity contribution in [1.29, 1.82) is 0 Å². The van der Waals surface area contributed by atoms with E-state index in [0.717, 1.165) is 18.5 Å². The van der Waals surface area contributed by atoms with Gasteiger partial charge in [-0.15, -0.1) is 11.8 Å². The van der Waals surface area contributed by atoms with E-state index >= 15 is 0 Å². The molecule has 0 saturated carbocycles. The molecule has 3 amide bonds. The van der Waals surface area contributed by atoms with Crippen LogP contribution in [0.3, 0.4) is 0 Å². The van der Waals surface area contributed by atoms with Crippen LogP contribution in [-0.2, 0) is 4.79 Å². The fraction of sp³-hybridized carbons (Fsp3) is 0.333. The van der Waals surface area contributed by atoms with Gasteiger partial charge in [0, 0.05) is 35.6 Å². The first kappa shape index (κ1) is 19.9. The van der Waals surface area contributed by atoms with Gasteiger partial charge in [-0.25, -0.2) is 4.79 Å². The smallest absolute Gasteiger partial charge is 0.321 e. The average molecular weight is 432 g/mol. The Kier molecular flexibility index (Phi) is 5.61. The molecular weight excluding hydrogens is 410 g/mol. The lowest BCUT2D eigenvalue weighted by atomic mass is 10.0. The van der Waals surface area contributed by atoms with Crippen LogP contribution in [0.4, 0.5) is 16.2 Å². The molecule has 2 aromatic carbocycles. The van der Waals surface area contributed by atoms with Crippen molar-refractivity contribution in [1.82, 2.24) is 4.90 Å². The quantitative estimate of drug-likeness (QED) is 0.779. The lowest BCUT2D eigenvalue weighted by Crippen LogP contribution is -2.53. The minimum atomic E-state index is -0.308. The summed E-state index contributed by atoms with van der Waals surface area (Å²) in [5.41, 5.74) is 1.56. The van der Waals surface area contributed by atoms with E-state index in [4.69, 9.17) is 16.3 Å². The van der Waals surface area contributed by atoms with E-state index < -0.39 is 0 Å². The Balaban J connectivity index is 1.44. The summed E-state index contributed by atoms with van der Waals surface area (Å²) in [6.45, 7) is 1.17. The number of thioether (sulfide) groups is 1. The van der Waals surface area contributed by atoms with E-state index in [1.54, 1.807) is 42.0 Å². The Morgan fingerprint density at radius 2 is 1.90 bits per heavy atom. The van der Waals surface area contributed by atoms with Crippen LogP contribution in [0, 0.1) is 0 Å². The SMILES string of the molecule is COc1cccc(NC(=O)N2CCC3(CC2)SCC(=O)N3c2ccc(Cl)cc2)c1. The summed E-state index contributed by atoms with van der Waals surface area (Å²) in [5.74, 6) is 1.25. The van der Waals surface area contributed by atoms with E-state index in [9.17, 15) is 9.59 Å². The third-order valence-corrected chi connectivity index (χ3v) is 7.13. The first-order valence-corrected chi connectivity index (χ1v) is 10.8. The molecule has 29 heavy (non-hydrogen) atoms. The normalized spacial score (nSPS) is 18.2. The highest BCUT2D eigenvalue weighted by molar-refractivity contribution is 8.02. The van der Waals surface area contributed by atoms with Crippen LogP contribution in [0.1, 0.15) is 12.8 Å². The van der Waals surface area contributed by atoms with Crippen LogP contribution < -0.4 is 15.0 Å². The van der Waals surface area contributed by atoms with Gasteiger partial charge in [0.1, 0.15) is 5.75 Å². The van der Waals surface area contributed by atoms with Crippen molar-refractivity contribution in [2.45, 2.75) is 17.7 Å². The Bertz CT molecular complexity index is 914. The minimum Gasteiger partial charge on any atom is -0.497 e. The molecule has 0 aliphatic carbocycles. The highest BCUT2D eigenvalue weighted by Crippen LogP contribution is 2.46. The van der Waals surface area contributed by atoms with E-state index in [1.165, 1.54) is 0 Å². The van der Waals surface area contributed by atoms with Crippen LogP contribution in [0.25, 0.3) is 0 Å². The molecule has 1 spiro atoms. The summed E-state index contributed by atoms with van der Waals surface area (Å²) in [7, 11) is 1.60. The van der Waals surface area contributed by atoms with Crippen LogP contribution in [0.5, 0.6) is 5.75 Å². The number of piperidine rings is 1. The molecule has 2 heterocycles. The summed E-state index contributed by atoms with van der Waals surface area (Å²) >= 11 is 7.68. The van der Waals surface area contributed by atoms with Gasteiger partial charge in [0.2, 0.25) is 5.91 Å². The maximum absolute atomic E-state index is 12.7. The van der Waals surface area contributed by atoms with Crippen molar-refractivity contribution in [3.8, 4) is 5.75 Å². The summed E-state index contributed by atoms with van der Waals surface area (Å²) in [5, 5.41) is 3.57. The van der Waals surface area contributed by atoms with Crippen molar-refractivity contribution < 1.29 is 14.3 Å². The first-order valence-electron chi connectivity index (χ1n) is 9.43. The molecule has 2 saturated heterocycles. The zero-order valence-corrected chi connectivity index (χ0v) is 17.6. The number of methoxy groups -OCH3 is 1.